The Kier molecular flexibility index (Phi) is 5.15. The van der Waals surface area contributed by atoms with E-state index in [0.29, 0.717) is 15.7 Å². The number of halogens is 1. The normalized spacial score (nSPS) is 11.0. The number of hydrogen-bond acceptors (Lipinski definition) is 6. The van der Waals surface area contributed by atoms with Crippen LogP contribution in [0.25, 0.3) is 11.0 Å². The van der Waals surface area contributed by atoms with Crippen LogP contribution in [0.3, 0.4) is 0 Å². The molecule has 0 aliphatic carbocycles. The van der Waals surface area contributed by atoms with E-state index in [1.54, 1.807) is 17.8 Å². The van der Waals surface area contributed by atoms with Crippen LogP contribution in [0.2, 0.25) is 5.02 Å². The molecule has 0 fully saturated rings. The number of hydrogen-bond donors (Lipinski definition) is 1. The number of nitrogens with zero attached hydrogens (tertiary/aromatic N) is 2. The van der Waals surface area contributed by atoms with Crippen molar-refractivity contribution in [2.24, 2.45) is 0 Å². The van der Waals surface area contributed by atoms with Crippen molar-refractivity contribution < 1.29 is 9.21 Å². The predicted molar refractivity (Wildman–Crippen MR) is 110 cm³/mol. The summed E-state index contributed by atoms with van der Waals surface area (Å²) in [6.45, 7) is 1.83. The number of nitrogens with one attached hydrogen (secondary N) is 1. The highest BCUT2D eigenvalue weighted by Crippen LogP contribution is 2.32. The van der Waals surface area contributed by atoms with Gasteiger partial charge in [-0.2, -0.15) is 0 Å². The van der Waals surface area contributed by atoms with Crippen molar-refractivity contribution in [3.8, 4) is 0 Å². The van der Waals surface area contributed by atoms with Gasteiger partial charge >= 0.3 is 0 Å². The molecule has 27 heavy (non-hydrogen) atoms. The first kappa shape index (κ1) is 18.0. The number of aromatic nitrogens is 2. The van der Waals surface area contributed by atoms with Gasteiger partial charge in [-0.05, 0) is 18.6 Å². The number of carbonyl (C=O) groups excluding carboxylic acids is 1. The fraction of sp³-hybridized carbons (Fsp3) is 0.105. The summed E-state index contributed by atoms with van der Waals surface area (Å²) in [6, 6.07) is 15.6. The van der Waals surface area contributed by atoms with Crippen LogP contribution in [-0.2, 0) is 5.75 Å². The number of fused-ring (bicyclic) bond motifs is 1. The third kappa shape index (κ3) is 3.85. The molecule has 2 aromatic heterocycles. The summed E-state index contributed by atoms with van der Waals surface area (Å²) in [5.41, 5.74) is 2.46. The molecular weight excluding hydrogens is 402 g/mol. The number of rotatable bonds is 5. The smallest absolute Gasteiger partial charge is 0.293 e. The molecule has 136 valence electrons. The molecule has 4 aromatic rings. The van der Waals surface area contributed by atoms with Crippen LogP contribution in [0.15, 0.2) is 57.3 Å². The van der Waals surface area contributed by atoms with Gasteiger partial charge in [-0.25, -0.2) is 0 Å². The second-order valence-corrected chi connectivity index (χ2v) is 8.38. The monoisotopic (exact) mass is 415 g/mol. The van der Waals surface area contributed by atoms with E-state index < -0.39 is 0 Å². The maximum atomic E-state index is 12.6. The Labute approximate surface area is 168 Å². The summed E-state index contributed by atoms with van der Waals surface area (Å²) < 4.78 is 6.47. The summed E-state index contributed by atoms with van der Waals surface area (Å²) in [5, 5.41) is 12.7. The number of para-hydroxylation sites is 1. The van der Waals surface area contributed by atoms with Gasteiger partial charge in [0.05, 0.1) is 5.02 Å². The quantitative estimate of drug-likeness (QED) is 0.330. The fourth-order valence-corrected chi connectivity index (χ4v) is 4.53. The van der Waals surface area contributed by atoms with Crippen LogP contribution in [0, 0.1) is 6.92 Å². The minimum absolute atomic E-state index is 0.229. The van der Waals surface area contributed by atoms with Gasteiger partial charge in [0.25, 0.3) is 5.91 Å². The van der Waals surface area contributed by atoms with Gasteiger partial charge in [0.2, 0.25) is 5.13 Å². The largest absolute Gasteiger partial charge is 0.449 e. The molecule has 2 heterocycles. The van der Waals surface area contributed by atoms with E-state index >= 15 is 0 Å². The predicted octanol–water partition coefficient (Wildman–Crippen LogP) is 5.79. The van der Waals surface area contributed by atoms with E-state index in [0.717, 1.165) is 21.0 Å². The maximum Gasteiger partial charge on any atom is 0.293 e. The average molecular weight is 416 g/mol. The first-order valence-electron chi connectivity index (χ1n) is 8.11. The van der Waals surface area contributed by atoms with Gasteiger partial charge in [-0.15, -0.1) is 10.2 Å². The molecule has 1 amide bonds. The molecule has 0 aliphatic rings. The van der Waals surface area contributed by atoms with Gasteiger partial charge in [-0.3, -0.25) is 10.1 Å². The Balaban J connectivity index is 1.47. The van der Waals surface area contributed by atoms with Crippen molar-refractivity contribution in [3.05, 3.63) is 70.4 Å². The second kappa shape index (κ2) is 7.72. The van der Waals surface area contributed by atoms with Crippen molar-refractivity contribution in [1.29, 1.82) is 0 Å². The number of furan rings is 1. The van der Waals surface area contributed by atoms with Crippen LogP contribution < -0.4 is 5.32 Å². The lowest BCUT2D eigenvalue weighted by Gasteiger charge is -1.98. The van der Waals surface area contributed by atoms with Crippen molar-refractivity contribution >= 4 is 56.7 Å². The third-order valence-corrected chi connectivity index (χ3v) is 6.29. The Morgan fingerprint density at radius 1 is 1.19 bits per heavy atom. The molecule has 0 saturated heterocycles. The summed E-state index contributed by atoms with van der Waals surface area (Å²) in [5.74, 6) is 0.659. The number of amides is 1. The van der Waals surface area contributed by atoms with Gasteiger partial charge in [0.15, 0.2) is 15.7 Å². The van der Waals surface area contributed by atoms with Gasteiger partial charge in [0.1, 0.15) is 0 Å². The first-order valence-corrected chi connectivity index (χ1v) is 10.3. The molecule has 0 bridgehead atoms. The van der Waals surface area contributed by atoms with E-state index in [9.17, 15) is 4.79 Å². The molecule has 0 spiro atoms. The van der Waals surface area contributed by atoms with Crippen molar-refractivity contribution in [2.75, 3.05) is 5.32 Å². The van der Waals surface area contributed by atoms with Crippen LogP contribution >= 0.6 is 34.7 Å². The minimum atomic E-state index is -0.365. The second-order valence-electron chi connectivity index (χ2n) is 5.77. The van der Waals surface area contributed by atoms with Gasteiger partial charge in [-0.1, -0.05) is 77.2 Å². The summed E-state index contributed by atoms with van der Waals surface area (Å²) in [7, 11) is 0. The molecule has 8 heteroatoms. The molecule has 0 saturated carbocycles. The highest BCUT2D eigenvalue weighted by atomic mass is 35.5. The highest BCUT2D eigenvalue weighted by molar-refractivity contribution is 8.00. The van der Waals surface area contributed by atoms with Gasteiger partial charge in [0, 0.05) is 16.7 Å². The van der Waals surface area contributed by atoms with Gasteiger partial charge < -0.3 is 4.42 Å². The standard InChI is InChI=1S/C19H14ClN3O2S2/c1-11-13-8-5-9-14(20)16(13)25-15(11)17(24)21-18-22-23-19(27-18)26-10-12-6-3-2-4-7-12/h2-9H,10H2,1H3,(H,21,22,24). The lowest BCUT2D eigenvalue weighted by atomic mass is 10.1. The Morgan fingerprint density at radius 2 is 2.00 bits per heavy atom. The average Bonchev–Trinajstić information content (AvgIpc) is 3.26. The molecule has 4 rings (SSSR count). The molecule has 0 unspecified atom stereocenters. The lowest BCUT2D eigenvalue weighted by Crippen LogP contribution is -2.11. The summed E-state index contributed by atoms with van der Waals surface area (Å²) >= 11 is 9.06. The lowest BCUT2D eigenvalue weighted by molar-refractivity contribution is 0.0998. The number of aryl methyl sites for hydroxylation is 1. The fourth-order valence-electron chi connectivity index (χ4n) is 2.62. The number of anilines is 1. The van der Waals surface area contributed by atoms with E-state index in [-0.39, 0.29) is 11.7 Å². The SMILES string of the molecule is Cc1c(C(=O)Nc2nnc(SCc3ccccc3)s2)oc2c(Cl)cccc12. The number of thioether (sulfide) groups is 1. The first-order chi connectivity index (χ1) is 13.1. The summed E-state index contributed by atoms with van der Waals surface area (Å²) in [6.07, 6.45) is 0. The molecule has 0 aliphatic heterocycles. The Morgan fingerprint density at radius 3 is 2.78 bits per heavy atom. The Bertz CT molecular complexity index is 1110. The zero-order valence-electron chi connectivity index (χ0n) is 14.2. The van der Waals surface area contributed by atoms with Crippen LogP contribution in [0.4, 0.5) is 5.13 Å². The van der Waals surface area contributed by atoms with Crippen molar-refractivity contribution in [3.63, 3.8) is 0 Å². The van der Waals surface area contributed by atoms with E-state index in [4.69, 9.17) is 16.0 Å². The van der Waals surface area contributed by atoms with Crippen LogP contribution in [0.5, 0.6) is 0 Å². The molecule has 0 radical (unpaired) electrons. The third-order valence-electron chi connectivity index (χ3n) is 3.95. The zero-order chi connectivity index (χ0) is 18.8. The maximum absolute atomic E-state index is 12.6. The van der Waals surface area contributed by atoms with Crippen molar-refractivity contribution in [2.45, 2.75) is 17.0 Å². The molecular formula is C19H14ClN3O2S2. The topological polar surface area (TPSA) is 68.0 Å². The minimum Gasteiger partial charge on any atom is -0.449 e. The van der Waals surface area contributed by atoms with E-state index in [2.05, 4.69) is 27.6 Å². The van der Waals surface area contributed by atoms with Crippen molar-refractivity contribution in [1.82, 2.24) is 10.2 Å². The highest BCUT2D eigenvalue weighted by Gasteiger charge is 2.20. The summed E-state index contributed by atoms with van der Waals surface area (Å²) in [4.78, 5) is 12.6. The molecule has 2 aromatic carbocycles. The van der Waals surface area contributed by atoms with Crippen LogP contribution in [-0.4, -0.2) is 16.1 Å². The number of benzene rings is 2. The molecule has 0 atom stereocenters. The zero-order valence-corrected chi connectivity index (χ0v) is 16.6. The van der Waals surface area contributed by atoms with Crippen LogP contribution in [0.1, 0.15) is 21.7 Å². The molecule has 1 N–H and O–H groups in total. The number of carbonyl (C=O) groups is 1. The van der Waals surface area contributed by atoms with E-state index in [1.807, 2.05) is 37.3 Å². The molecule has 5 nitrogen and oxygen atoms in total. The van der Waals surface area contributed by atoms with E-state index in [1.165, 1.54) is 16.9 Å². The Hall–Kier alpha value is -2.35.